The molecule has 11 rings (SSSR count). The molecular formula is C56H38N2. The topological polar surface area (TPSA) is 8.17 Å². The zero-order chi connectivity index (χ0) is 38.4. The summed E-state index contributed by atoms with van der Waals surface area (Å²) in [5.74, 6) is 0. The van der Waals surface area contributed by atoms with Crippen molar-refractivity contribution in [2.24, 2.45) is 0 Å². The van der Waals surface area contributed by atoms with Crippen LogP contribution >= 0.6 is 0 Å². The molecule has 0 saturated carbocycles. The Morgan fingerprint density at radius 3 is 1.66 bits per heavy atom. The highest BCUT2D eigenvalue weighted by atomic mass is 15.1. The molecule has 2 nitrogen and oxygen atoms in total. The lowest BCUT2D eigenvalue weighted by molar-refractivity contribution is 1.18. The molecule has 0 atom stereocenters. The van der Waals surface area contributed by atoms with Gasteiger partial charge >= 0.3 is 0 Å². The summed E-state index contributed by atoms with van der Waals surface area (Å²) < 4.78 is 2.42. The number of rotatable bonds is 7. The van der Waals surface area contributed by atoms with Gasteiger partial charge in [-0.3, -0.25) is 0 Å². The minimum atomic E-state index is 1.09. The number of hydrogen-bond donors (Lipinski definition) is 0. The fourth-order valence-electron chi connectivity index (χ4n) is 8.87. The zero-order valence-electron chi connectivity index (χ0n) is 31.8. The van der Waals surface area contributed by atoms with E-state index >= 15 is 0 Å². The SMILES string of the molecule is c1ccc(-c2ccccc2N(c2ccc(-c3cccc(-n4c5ccccc5c5c6ccccc6ccc54)c3)cc2)c2ccc(-c3cccc4ccccc34)cc2)cc1. The van der Waals surface area contributed by atoms with E-state index in [1.807, 2.05) is 0 Å². The highest BCUT2D eigenvalue weighted by molar-refractivity contribution is 6.21. The Morgan fingerprint density at radius 2 is 0.862 bits per heavy atom. The lowest BCUT2D eigenvalue weighted by Gasteiger charge is -2.28. The fourth-order valence-corrected chi connectivity index (χ4v) is 8.87. The van der Waals surface area contributed by atoms with Crippen LogP contribution in [0.3, 0.4) is 0 Å². The largest absolute Gasteiger partial charge is 0.310 e. The van der Waals surface area contributed by atoms with Crippen LogP contribution in [0.25, 0.3) is 82.4 Å². The average molecular weight is 739 g/mol. The maximum absolute atomic E-state index is 2.42. The van der Waals surface area contributed by atoms with Gasteiger partial charge in [-0.2, -0.15) is 0 Å². The van der Waals surface area contributed by atoms with Crippen molar-refractivity contribution < 1.29 is 0 Å². The Kier molecular flexibility index (Phi) is 8.19. The predicted octanol–water partition coefficient (Wildman–Crippen LogP) is 15.6. The van der Waals surface area contributed by atoms with Gasteiger partial charge in [-0.15, -0.1) is 0 Å². The van der Waals surface area contributed by atoms with Crippen molar-refractivity contribution in [3.63, 3.8) is 0 Å². The summed E-state index contributed by atoms with van der Waals surface area (Å²) in [6, 6.07) is 83.6. The summed E-state index contributed by atoms with van der Waals surface area (Å²) in [5, 5.41) is 7.61. The molecule has 0 amide bonds. The van der Waals surface area contributed by atoms with Gasteiger partial charge in [0.25, 0.3) is 0 Å². The Balaban J connectivity index is 1.01. The van der Waals surface area contributed by atoms with Crippen LogP contribution in [0.2, 0.25) is 0 Å². The smallest absolute Gasteiger partial charge is 0.0547 e. The molecule has 272 valence electrons. The molecule has 0 unspecified atom stereocenters. The van der Waals surface area contributed by atoms with Crippen LogP contribution < -0.4 is 4.90 Å². The first kappa shape index (κ1) is 33.6. The van der Waals surface area contributed by atoms with Crippen molar-refractivity contribution in [3.05, 3.63) is 231 Å². The number of nitrogens with zero attached hydrogens (tertiary/aromatic N) is 2. The van der Waals surface area contributed by atoms with Gasteiger partial charge in [-0.25, -0.2) is 0 Å². The zero-order valence-corrected chi connectivity index (χ0v) is 31.8. The summed E-state index contributed by atoms with van der Waals surface area (Å²) in [5.41, 5.74) is 14.0. The summed E-state index contributed by atoms with van der Waals surface area (Å²) in [6.07, 6.45) is 0. The molecule has 0 radical (unpaired) electrons. The third-order valence-corrected chi connectivity index (χ3v) is 11.6. The number of para-hydroxylation sites is 2. The quantitative estimate of drug-likeness (QED) is 0.158. The molecule has 1 heterocycles. The van der Waals surface area contributed by atoms with Crippen molar-refractivity contribution in [3.8, 4) is 39.1 Å². The van der Waals surface area contributed by atoms with Crippen LogP contribution in [0.5, 0.6) is 0 Å². The van der Waals surface area contributed by atoms with Gasteiger partial charge in [-0.1, -0.05) is 176 Å². The number of anilines is 3. The third-order valence-electron chi connectivity index (χ3n) is 11.6. The molecule has 0 aliphatic carbocycles. The highest BCUT2D eigenvalue weighted by Gasteiger charge is 2.19. The first-order valence-corrected chi connectivity index (χ1v) is 19.9. The van der Waals surface area contributed by atoms with E-state index in [1.54, 1.807) is 0 Å². The van der Waals surface area contributed by atoms with E-state index in [9.17, 15) is 0 Å². The van der Waals surface area contributed by atoms with Gasteiger partial charge < -0.3 is 9.47 Å². The second-order valence-corrected chi connectivity index (χ2v) is 14.9. The molecule has 0 fully saturated rings. The van der Waals surface area contributed by atoms with Crippen molar-refractivity contribution in [1.82, 2.24) is 4.57 Å². The van der Waals surface area contributed by atoms with E-state index in [1.165, 1.54) is 76.7 Å². The van der Waals surface area contributed by atoms with Gasteiger partial charge in [0.2, 0.25) is 0 Å². The molecule has 0 bridgehead atoms. The second kappa shape index (κ2) is 14.1. The van der Waals surface area contributed by atoms with E-state index in [4.69, 9.17) is 0 Å². The summed E-state index contributed by atoms with van der Waals surface area (Å²) in [7, 11) is 0. The molecule has 10 aromatic carbocycles. The first-order chi connectivity index (χ1) is 28.8. The number of hydrogen-bond acceptors (Lipinski definition) is 1. The van der Waals surface area contributed by atoms with Crippen molar-refractivity contribution in [2.75, 3.05) is 4.90 Å². The van der Waals surface area contributed by atoms with E-state index in [0.717, 1.165) is 22.7 Å². The number of benzene rings is 10. The molecule has 2 heteroatoms. The molecule has 11 aromatic rings. The van der Waals surface area contributed by atoms with Gasteiger partial charge in [0.15, 0.2) is 0 Å². The fraction of sp³-hybridized carbons (Fsp3) is 0. The highest BCUT2D eigenvalue weighted by Crippen LogP contribution is 2.43. The molecular weight excluding hydrogens is 701 g/mol. The maximum atomic E-state index is 2.42. The lowest BCUT2D eigenvalue weighted by atomic mass is 9.97. The van der Waals surface area contributed by atoms with Gasteiger partial charge in [0, 0.05) is 33.4 Å². The van der Waals surface area contributed by atoms with E-state index in [0.29, 0.717) is 0 Å². The number of fused-ring (bicyclic) bond motifs is 6. The standard InChI is InChI=1S/C56H38N2/c1-2-14-41(15-3-1)50-22-8-10-26-53(50)57(46-35-30-43(31-36-46)49-25-13-18-40-16-4-6-21-48(40)49)45-33-28-39(29-34-45)44-19-12-20-47(38-44)58-54-27-11-9-24-52(54)56-51-23-7-5-17-42(51)32-37-55(56)58/h1-38H. The lowest BCUT2D eigenvalue weighted by Crippen LogP contribution is -2.11. The molecule has 0 aliphatic rings. The van der Waals surface area contributed by atoms with Crippen molar-refractivity contribution >= 4 is 60.4 Å². The second-order valence-electron chi connectivity index (χ2n) is 14.9. The van der Waals surface area contributed by atoms with Crippen LogP contribution in [0.1, 0.15) is 0 Å². The molecule has 0 N–H and O–H groups in total. The van der Waals surface area contributed by atoms with E-state index in [-0.39, 0.29) is 0 Å². The maximum Gasteiger partial charge on any atom is 0.0547 e. The molecule has 0 saturated heterocycles. The Bertz CT molecular complexity index is 3260. The van der Waals surface area contributed by atoms with Crippen molar-refractivity contribution in [2.45, 2.75) is 0 Å². The Labute approximate surface area is 338 Å². The molecule has 58 heavy (non-hydrogen) atoms. The average Bonchev–Trinajstić information content (AvgIpc) is 3.65. The van der Waals surface area contributed by atoms with Crippen LogP contribution in [0, 0.1) is 0 Å². The summed E-state index contributed by atoms with van der Waals surface area (Å²) in [6.45, 7) is 0. The third kappa shape index (κ3) is 5.74. The molecule has 1 aromatic heterocycles. The minimum Gasteiger partial charge on any atom is -0.310 e. The Morgan fingerprint density at radius 1 is 0.310 bits per heavy atom. The first-order valence-electron chi connectivity index (χ1n) is 19.9. The van der Waals surface area contributed by atoms with Crippen molar-refractivity contribution in [1.29, 1.82) is 0 Å². The van der Waals surface area contributed by atoms with Crippen LogP contribution in [0.4, 0.5) is 17.1 Å². The summed E-state index contributed by atoms with van der Waals surface area (Å²) >= 11 is 0. The predicted molar refractivity (Wildman–Crippen MR) is 247 cm³/mol. The normalized spacial score (nSPS) is 11.4. The van der Waals surface area contributed by atoms with Crippen LogP contribution in [-0.4, -0.2) is 4.57 Å². The van der Waals surface area contributed by atoms with Gasteiger partial charge in [0.05, 0.1) is 16.7 Å². The molecule has 0 spiro atoms. The Hall–Kier alpha value is -7.68. The van der Waals surface area contributed by atoms with Gasteiger partial charge in [-0.05, 0) is 104 Å². The van der Waals surface area contributed by atoms with E-state index in [2.05, 4.69) is 240 Å². The minimum absolute atomic E-state index is 1.09. The molecule has 0 aliphatic heterocycles. The van der Waals surface area contributed by atoms with Crippen LogP contribution in [-0.2, 0) is 0 Å². The van der Waals surface area contributed by atoms with Crippen LogP contribution in [0.15, 0.2) is 231 Å². The van der Waals surface area contributed by atoms with Gasteiger partial charge in [0.1, 0.15) is 0 Å². The van der Waals surface area contributed by atoms with E-state index < -0.39 is 0 Å². The monoisotopic (exact) mass is 738 g/mol. The number of aromatic nitrogens is 1. The summed E-state index contributed by atoms with van der Waals surface area (Å²) in [4.78, 5) is 2.39.